The van der Waals surface area contributed by atoms with Crippen molar-refractivity contribution in [1.82, 2.24) is 4.98 Å². The summed E-state index contributed by atoms with van der Waals surface area (Å²) in [5.74, 6) is 0.714. The molecule has 1 amide bonds. The van der Waals surface area contributed by atoms with Crippen molar-refractivity contribution in [3.63, 3.8) is 0 Å². The number of ether oxygens (including phenoxy) is 1. The number of nitrogens with zero attached hydrogens (tertiary/aromatic N) is 1. The second kappa shape index (κ2) is 6.41. The third-order valence-corrected chi connectivity index (χ3v) is 3.64. The highest BCUT2D eigenvalue weighted by molar-refractivity contribution is 5.95. The first-order valence-corrected chi connectivity index (χ1v) is 7.78. The topological polar surface area (TPSA) is 65.2 Å². The smallest absolute Gasteiger partial charge is 0.254 e. The van der Waals surface area contributed by atoms with Gasteiger partial charge in [-0.3, -0.25) is 4.79 Å². The van der Waals surface area contributed by atoms with E-state index in [-0.39, 0.29) is 16.9 Å². The van der Waals surface area contributed by atoms with Gasteiger partial charge >= 0.3 is 0 Å². The molecule has 1 aromatic carbocycles. The predicted octanol–water partition coefficient (Wildman–Crippen LogP) is 4.39. The number of primary amides is 1. The summed E-state index contributed by atoms with van der Waals surface area (Å²) in [4.78, 5) is 16.2. The van der Waals surface area contributed by atoms with Gasteiger partial charge in [0.05, 0.1) is 0 Å². The van der Waals surface area contributed by atoms with Crippen LogP contribution >= 0.6 is 0 Å². The highest BCUT2D eigenvalue weighted by Gasteiger charge is 2.21. The summed E-state index contributed by atoms with van der Waals surface area (Å²) in [5, 5.41) is 0. The number of carbonyl (C=O) groups is 1. The summed E-state index contributed by atoms with van der Waals surface area (Å²) in [7, 11) is 0. The van der Waals surface area contributed by atoms with E-state index in [1.807, 2.05) is 30.3 Å². The zero-order valence-electron chi connectivity index (χ0n) is 14.4. The van der Waals surface area contributed by atoms with E-state index in [9.17, 15) is 4.79 Å². The lowest BCUT2D eigenvalue weighted by Crippen LogP contribution is -2.18. The van der Waals surface area contributed by atoms with Crippen molar-refractivity contribution in [2.24, 2.45) is 5.73 Å². The largest absolute Gasteiger partial charge is 0.438 e. The normalized spacial score (nSPS) is 11.6. The molecule has 23 heavy (non-hydrogen) atoms. The summed E-state index contributed by atoms with van der Waals surface area (Å²) in [6.45, 7) is 10.4. The van der Waals surface area contributed by atoms with Gasteiger partial charge < -0.3 is 10.5 Å². The lowest BCUT2D eigenvalue weighted by atomic mass is 9.91. The first-order chi connectivity index (χ1) is 10.7. The Balaban J connectivity index is 2.52. The van der Waals surface area contributed by atoms with E-state index in [1.165, 1.54) is 0 Å². The molecule has 0 radical (unpaired) electrons. The van der Waals surface area contributed by atoms with Crippen molar-refractivity contribution < 1.29 is 9.53 Å². The maximum absolute atomic E-state index is 11.7. The summed E-state index contributed by atoms with van der Waals surface area (Å²) in [6, 6.07) is 11.3. The van der Waals surface area contributed by atoms with Crippen molar-refractivity contribution in [1.29, 1.82) is 0 Å². The molecule has 2 aromatic rings. The van der Waals surface area contributed by atoms with Crippen LogP contribution in [0, 0.1) is 0 Å². The third kappa shape index (κ3) is 3.89. The van der Waals surface area contributed by atoms with Crippen LogP contribution in [0.5, 0.6) is 11.6 Å². The fraction of sp³-hybridized carbons (Fsp3) is 0.368. The highest BCUT2D eigenvalue weighted by atomic mass is 16.5. The summed E-state index contributed by atoms with van der Waals surface area (Å²) in [6.07, 6.45) is 0. The quantitative estimate of drug-likeness (QED) is 0.910. The molecule has 1 aromatic heterocycles. The Morgan fingerprint density at radius 1 is 1.13 bits per heavy atom. The van der Waals surface area contributed by atoms with Crippen LogP contribution < -0.4 is 10.5 Å². The highest BCUT2D eigenvalue weighted by Crippen LogP contribution is 2.32. The Labute approximate surface area is 137 Å². The van der Waals surface area contributed by atoms with Gasteiger partial charge in [0.15, 0.2) is 0 Å². The number of hydrogen-bond acceptors (Lipinski definition) is 3. The molecule has 0 aliphatic carbocycles. The number of amides is 1. The number of hydrogen-bond donors (Lipinski definition) is 1. The standard InChI is InChI=1S/C19H24N2O2/c1-12(2)13-8-6-7-9-15(13)23-18-14(17(20)22)10-11-16(21-18)19(3,4)5/h6-12H,1-5H3,(H2,20,22). The molecular formula is C19H24N2O2. The average Bonchev–Trinajstić information content (AvgIpc) is 2.46. The molecule has 0 aliphatic heterocycles. The van der Waals surface area contributed by atoms with Gasteiger partial charge in [0, 0.05) is 11.1 Å². The number of para-hydroxylation sites is 1. The van der Waals surface area contributed by atoms with Crippen LogP contribution in [0.3, 0.4) is 0 Å². The second-order valence-electron chi connectivity index (χ2n) is 6.96. The van der Waals surface area contributed by atoms with Crippen molar-refractivity contribution in [2.75, 3.05) is 0 Å². The first kappa shape index (κ1) is 17.0. The molecule has 122 valence electrons. The number of benzene rings is 1. The van der Waals surface area contributed by atoms with Gasteiger partial charge in [-0.15, -0.1) is 0 Å². The summed E-state index contributed by atoms with van der Waals surface area (Å²) in [5.41, 5.74) is 7.52. The van der Waals surface area contributed by atoms with Crippen molar-refractivity contribution >= 4 is 5.91 Å². The number of rotatable bonds is 4. The van der Waals surface area contributed by atoms with E-state index >= 15 is 0 Å². The molecule has 0 fully saturated rings. The Bertz CT molecular complexity index is 716. The molecule has 2 rings (SSSR count). The van der Waals surface area contributed by atoms with Crippen molar-refractivity contribution in [2.45, 2.75) is 46.0 Å². The minimum absolute atomic E-state index is 0.147. The third-order valence-electron chi connectivity index (χ3n) is 3.64. The van der Waals surface area contributed by atoms with Gasteiger partial charge in [0.1, 0.15) is 11.3 Å². The minimum Gasteiger partial charge on any atom is -0.438 e. The molecule has 4 nitrogen and oxygen atoms in total. The van der Waals surface area contributed by atoms with Crippen LogP contribution in [0.25, 0.3) is 0 Å². The molecule has 0 spiro atoms. The van der Waals surface area contributed by atoms with E-state index in [0.29, 0.717) is 11.7 Å². The Morgan fingerprint density at radius 2 is 1.78 bits per heavy atom. The molecule has 1 heterocycles. The number of carbonyl (C=O) groups excluding carboxylic acids is 1. The van der Waals surface area contributed by atoms with Crippen molar-refractivity contribution in [3.8, 4) is 11.6 Å². The monoisotopic (exact) mass is 312 g/mol. The van der Waals surface area contributed by atoms with Gasteiger partial charge in [0.25, 0.3) is 5.91 Å². The van der Waals surface area contributed by atoms with Gasteiger partial charge in [0.2, 0.25) is 5.88 Å². The average molecular weight is 312 g/mol. The van der Waals surface area contributed by atoms with E-state index < -0.39 is 5.91 Å². The van der Waals surface area contributed by atoms with E-state index in [1.54, 1.807) is 6.07 Å². The Morgan fingerprint density at radius 3 is 2.35 bits per heavy atom. The molecule has 0 saturated carbocycles. The van der Waals surface area contributed by atoms with Gasteiger partial charge in [-0.2, -0.15) is 0 Å². The van der Waals surface area contributed by atoms with E-state index in [2.05, 4.69) is 39.6 Å². The van der Waals surface area contributed by atoms with Crippen LogP contribution in [0.4, 0.5) is 0 Å². The minimum atomic E-state index is -0.546. The fourth-order valence-corrected chi connectivity index (χ4v) is 2.28. The zero-order chi connectivity index (χ0) is 17.2. The SMILES string of the molecule is CC(C)c1ccccc1Oc1nc(C(C)(C)C)ccc1C(N)=O. The fourth-order valence-electron chi connectivity index (χ4n) is 2.28. The Kier molecular flexibility index (Phi) is 4.73. The van der Waals surface area contributed by atoms with E-state index in [0.717, 1.165) is 11.3 Å². The van der Waals surface area contributed by atoms with Crippen LogP contribution in [0.2, 0.25) is 0 Å². The number of pyridine rings is 1. The van der Waals surface area contributed by atoms with E-state index in [4.69, 9.17) is 10.5 Å². The van der Waals surface area contributed by atoms with Gasteiger partial charge in [-0.25, -0.2) is 4.98 Å². The maximum Gasteiger partial charge on any atom is 0.254 e. The molecule has 2 N–H and O–H groups in total. The second-order valence-corrected chi connectivity index (χ2v) is 6.96. The van der Waals surface area contributed by atoms with Crippen LogP contribution in [-0.2, 0) is 5.41 Å². The molecule has 4 heteroatoms. The lowest BCUT2D eigenvalue weighted by Gasteiger charge is -2.20. The van der Waals surface area contributed by atoms with Crippen LogP contribution in [0.15, 0.2) is 36.4 Å². The predicted molar refractivity (Wildman–Crippen MR) is 92.1 cm³/mol. The molecule has 0 saturated heterocycles. The molecule has 0 aliphatic rings. The Hall–Kier alpha value is -2.36. The molecular weight excluding hydrogens is 288 g/mol. The summed E-state index contributed by atoms with van der Waals surface area (Å²) >= 11 is 0. The number of nitrogens with two attached hydrogens (primary N) is 1. The lowest BCUT2D eigenvalue weighted by molar-refractivity contribution is 0.0997. The zero-order valence-corrected chi connectivity index (χ0v) is 14.4. The first-order valence-electron chi connectivity index (χ1n) is 7.78. The molecule has 0 unspecified atom stereocenters. The van der Waals surface area contributed by atoms with Crippen molar-refractivity contribution in [3.05, 3.63) is 53.2 Å². The van der Waals surface area contributed by atoms with Gasteiger partial charge in [-0.05, 0) is 29.7 Å². The maximum atomic E-state index is 11.7. The number of aromatic nitrogens is 1. The van der Waals surface area contributed by atoms with Gasteiger partial charge in [-0.1, -0.05) is 52.8 Å². The van der Waals surface area contributed by atoms with Crippen LogP contribution in [0.1, 0.15) is 62.2 Å². The molecule has 0 bridgehead atoms. The van der Waals surface area contributed by atoms with Crippen LogP contribution in [-0.4, -0.2) is 10.9 Å². The summed E-state index contributed by atoms with van der Waals surface area (Å²) < 4.78 is 5.99. The molecule has 0 atom stereocenters.